The smallest absolute Gasteiger partial charge is 0.0844 e. The van der Waals surface area contributed by atoms with E-state index >= 15 is 0 Å². The summed E-state index contributed by atoms with van der Waals surface area (Å²) in [5, 5.41) is 0. The van der Waals surface area contributed by atoms with Gasteiger partial charge in [0, 0.05) is 17.0 Å². The SMILES string of the molecule is NCc1cc(-c2ccc(-c3ccccc3)cc2)ns1. The van der Waals surface area contributed by atoms with Crippen LogP contribution < -0.4 is 5.73 Å². The summed E-state index contributed by atoms with van der Waals surface area (Å²) < 4.78 is 4.42. The van der Waals surface area contributed by atoms with Gasteiger partial charge in [0.05, 0.1) is 5.69 Å². The molecular weight excluding hydrogens is 252 g/mol. The van der Waals surface area contributed by atoms with E-state index in [4.69, 9.17) is 5.73 Å². The number of nitrogens with zero attached hydrogens (tertiary/aromatic N) is 1. The summed E-state index contributed by atoms with van der Waals surface area (Å²) in [5.41, 5.74) is 10.2. The van der Waals surface area contributed by atoms with E-state index in [0.29, 0.717) is 6.54 Å². The van der Waals surface area contributed by atoms with Gasteiger partial charge in [-0.15, -0.1) is 0 Å². The van der Waals surface area contributed by atoms with E-state index in [1.807, 2.05) is 6.07 Å². The highest BCUT2D eigenvalue weighted by Crippen LogP contribution is 2.25. The standard InChI is InChI=1S/C16H14N2S/c17-11-15-10-16(18-19-15)14-8-6-13(7-9-14)12-4-2-1-3-5-12/h1-10H,11,17H2. The summed E-state index contributed by atoms with van der Waals surface area (Å²) in [5.74, 6) is 0. The van der Waals surface area contributed by atoms with Crippen molar-refractivity contribution in [2.45, 2.75) is 6.54 Å². The van der Waals surface area contributed by atoms with Crippen molar-refractivity contribution in [1.29, 1.82) is 0 Å². The average molecular weight is 266 g/mol. The van der Waals surface area contributed by atoms with Gasteiger partial charge in [-0.3, -0.25) is 0 Å². The van der Waals surface area contributed by atoms with Crippen molar-refractivity contribution in [3.05, 3.63) is 65.5 Å². The Bertz CT molecular complexity index is 657. The molecule has 2 aromatic carbocycles. The molecule has 1 aromatic heterocycles. The molecule has 0 radical (unpaired) electrons. The van der Waals surface area contributed by atoms with E-state index in [1.165, 1.54) is 22.7 Å². The molecular formula is C16H14N2S. The van der Waals surface area contributed by atoms with Gasteiger partial charge in [0.15, 0.2) is 0 Å². The lowest BCUT2D eigenvalue weighted by Crippen LogP contribution is -1.91. The second-order valence-corrected chi connectivity index (χ2v) is 5.22. The van der Waals surface area contributed by atoms with E-state index in [1.54, 1.807) is 0 Å². The van der Waals surface area contributed by atoms with Crippen molar-refractivity contribution in [3.63, 3.8) is 0 Å². The fraction of sp³-hybridized carbons (Fsp3) is 0.0625. The molecule has 0 saturated heterocycles. The number of benzene rings is 2. The highest BCUT2D eigenvalue weighted by molar-refractivity contribution is 7.06. The second-order valence-electron chi connectivity index (χ2n) is 4.33. The lowest BCUT2D eigenvalue weighted by atomic mass is 10.0. The zero-order chi connectivity index (χ0) is 13.1. The van der Waals surface area contributed by atoms with E-state index in [9.17, 15) is 0 Å². The van der Waals surface area contributed by atoms with Crippen LogP contribution in [0, 0.1) is 0 Å². The van der Waals surface area contributed by atoms with Gasteiger partial charge in [-0.1, -0.05) is 54.6 Å². The quantitative estimate of drug-likeness (QED) is 0.780. The van der Waals surface area contributed by atoms with Crippen LogP contribution in [0.2, 0.25) is 0 Å². The van der Waals surface area contributed by atoms with Gasteiger partial charge < -0.3 is 5.73 Å². The largest absolute Gasteiger partial charge is 0.326 e. The Balaban J connectivity index is 1.90. The van der Waals surface area contributed by atoms with Crippen molar-refractivity contribution < 1.29 is 0 Å². The topological polar surface area (TPSA) is 38.9 Å². The van der Waals surface area contributed by atoms with Gasteiger partial charge in [0.2, 0.25) is 0 Å². The third kappa shape index (κ3) is 2.57. The number of hydrogen-bond donors (Lipinski definition) is 1. The van der Waals surface area contributed by atoms with Crippen LogP contribution in [-0.4, -0.2) is 4.37 Å². The van der Waals surface area contributed by atoms with Gasteiger partial charge in [-0.05, 0) is 28.7 Å². The molecule has 3 aromatic rings. The van der Waals surface area contributed by atoms with E-state index in [2.05, 4.69) is 59.0 Å². The number of hydrogen-bond acceptors (Lipinski definition) is 3. The van der Waals surface area contributed by atoms with Crippen molar-refractivity contribution >= 4 is 11.5 Å². The van der Waals surface area contributed by atoms with E-state index < -0.39 is 0 Å². The summed E-state index contributed by atoms with van der Waals surface area (Å²) in [6.45, 7) is 0.555. The molecule has 94 valence electrons. The highest BCUT2D eigenvalue weighted by Gasteiger charge is 2.04. The van der Waals surface area contributed by atoms with Crippen molar-refractivity contribution in [1.82, 2.24) is 4.37 Å². The van der Waals surface area contributed by atoms with Gasteiger partial charge in [-0.2, -0.15) is 4.37 Å². The van der Waals surface area contributed by atoms with Crippen LogP contribution in [0.5, 0.6) is 0 Å². The van der Waals surface area contributed by atoms with Crippen molar-refractivity contribution in [2.75, 3.05) is 0 Å². The predicted molar refractivity (Wildman–Crippen MR) is 80.9 cm³/mol. The van der Waals surface area contributed by atoms with Crippen LogP contribution in [0.4, 0.5) is 0 Å². The lowest BCUT2D eigenvalue weighted by molar-refractivity contribution is 1.11. The van der Waals surface area contributed by atoms with Crippen LogP contribution in [0.1, 0.15) is 4.88 Å². The maximum atomic E-state index is 5.61. The summed E-state index contributed by atoms with van der Waals surface area (Å²) in [4.78, 5) is 1.11. The molecule has 0 spiro atoms. The first-order chi connectivity index (χ1) is 9.36. The average Bonchev–Trinajstić information content (AvgIpc) is 2.97. The third-order valence-corrected chi connectivity index (χ3v) is 3.85. The number of aromatic nitrogens is 1. The normalized spacial score (nSPS) is 10.6. The number of nitrogens with two attached hydrogens (primary N) is 1. The molecule has 0 bridgehead atoms. The summed E-state index contributed by atoms with van der Waals surface area (Å²) >= 11 is 1.47. The molecule has 0 aliphatic rings. The summed E-state index contributed by atoms with van der Waals surface area (Å²) in [6, 6.07) is 20.9. The zero-order valence-corrected chi connectivity index (χ0v) is 11.2. The van der Waals surface area contributed by atoms with E-state index in [-0.39, 0.29) is 0 Å². The highest BCUT2D eigenvalue weighted by atomic mass is 32.1. The molecule has 3 heteroatoms. The minimum atomic E-state index is 0.555. The summed E-state index contributed by atoms with van der Waals surface area (Å²) in [7, 11) is 0. The first kappa shape index (κ1) is 12.1. The Hall–Kier alpha value is -1.97. The molecule has 19 heavy (non-hydrogen) atoms. The minimum Gasteiger partial charge on any atom is -0.326 e. The van der Waals surface area contributed by atoms with Crippen LogP contribution in [0.15, 0.2) is 60.7 Å². The molecule has 0 atom stereocenters. The zero-order valence-electron chi connectivity index (χ0n) is 10.4. The maximum Gasteiger partial charge on any atom is 0.0844 e. The van der Waals surface area contributed by atoms with Crippen LogP contribution in [0.3, 0.4) is 0 Å². The second kappa shape index (κ2) is 5.34. The van der Waals surface area contributed by atoms with Gasteiger partial charge >= 0.3 is 0 Å². The Morgan fingerprint density at radius 1 is 0.842 bits per heavy atom. The fourth-order valence-electron chi connectivity index (χ4n) is 2.01. The van der Waals surface area contributed by atoms with Crippen molar-refractivity contribution in [2.24, 2.45) is 5.73 Å². The molecule has 0 saturated carbocycles. The molecule has 0 aliphatic heterocycles. The molecule has 2 N–H and O–H groups in total. The Morgan fingerprint density at radius 3 is 2.11 bits per heavy atom. The van der Waals surface area contributed by atoms with Crippen LogP contribution >= 0.6 is 11.5 Å². The molecule has 3 rings (SSSR count). The first-order valence-electron chi connectivity index (χ1n) is 6.18. The van der Waals surface area contributed by atoms with E-state index in [0.717, 1.165) is 16.1 Å². The summed E-state index contributed by atoms with van der Waals surface area (Å²) in [6.07, 6.45) is 0. The van der Waals surface area contributed by atoms with Gasteiger partial charge in [0.25, 0.3) is 0 Å². The molecule has 0 aliphatic carbocycles. The Kier molecular flexibility index (Phi) is 3.40. The minimum absolute atomic E-state index is 0.555. The van der Waals surface area contributed by atoms with Crippen molar-refractivity contribution in [3.8, 4) is 22.4 Å². The van der Waals surface area contributed by atoms with Crippen LogP contribution in [0.25, 0.3) is 22.4 Å². The molecule has 0 amide bonds. The Labute approximate surface area is 116 Å². The molecule has 0 unspecified atom stereocenters. The molecule has 1 heterocycles. The molecule has 0 fully saturated rings. The third-order valence-electron chi connectivity index (χ3n) is 3.05. The van der Waals surface area contributed by atoms with Gasteiger partial charge in [-0.25, -0.2) is 0 Å². The lowest BCUT2D eigenvalue weighted by Gasteiger charge is -2.02. The monoisotopic (exact) mass is 266 g/mol. The number of rotatable bonds is 3. The maximum absolute atomic E-state index is 5.61. The predicted octanol–water partition coefficient (Wildman–Crippen LogP) is 3.94. The van der Waals surface area contributed by atoms with Crippen LogP contribution in [-0.2, 0) is 6.54 Å². The Morgan fingerprint density at radius 2 is 1.47 bits per heavy atom. The molecule has 2 nitrogen and oxygen atoms in total. The fourth-order valence-corrected chi connectivity index (χ4v) is 2.62. The first-order valence-corrected chi connectivity index (χ1v) is 6.95. The van der Waals surface area contributed by atoms with Gasteiger partial charge in [0.1, 0.15) is 0 Å².